The van der Waals surface area contributed by atoms with E-state index in [1.807, 2.05) is 6.07 Å². The molecule has 0 atom stereocenters. The van der Waals surface area contributed by atoms with Crippen LogP contribution in [-0.2, 0) is 6.61 Å². The van der Waals surface area contributed by atoms with Crippen LogP contribution in [0.5, 0.6) is 11.5 Å². The Morgan fingerprint density at radius 2 is 2.00 bits per heavy atom. The summed E-state index contributed by atoms with van der Waals surface area (Å²) in [6.07, 6.45) is 0. The lowest BCUT2D eigenvalue weighted by Crippen LogP contribution is -2.00. The SMILES string of the molecule is COc1cccc(COc2cccc(C#CCO)c2)c1F. The molecule has 2 rings (SSSR count). The number of rotatable bonds is 4. The third kappa shape index (κ3) is 3.98. The summed E-state index contributed by atoms with van der Waals surface area (Å²) in [6.45, 7) is -0.0972. The predicted molar refractivity (Wildman–Crippen MR) is 77.7 cm³/mol. The van der Waals surface area contributed by atoms with Crippen LogP contribution in [0.3, 0.4) is 0 Å². The smallest absolute Gasteiger partial charge is 0.171 e. The molecule has 0 heterocycles. The van der Waals surface area contributed by atoms with Crippen molar-refractivity contribution in [2.24, 2.45) is 0 Å². The van der Waals surface area contributed by atoms with Crippen molar-refractivity contribution in [2.75, 3.05) is 13.7 Å². The molecule has 0 fully saturated rings. The number of methoxy groups -OCH3 is 1. The van der Waals surface area contributed by atoms with Gasteiger partial charge in [-0.15, -0.1) is 0 Å². The summed E-state index contributed by atoms with van der Waals surface area (Å²) in [5.41, 5.74) is 1.15. The summed E-state index contributed by atoms with van der Waals surface area (Å²) in [5, 5.41) is 8.67. The van der Waals surface area contributed by atoms with Gasteiger partial charge in [0.25, 0.3) is 0 Å². The molecule has 0 spiro atoms. The van der Waals surface area contributed by atoms with Gasteiger partial charge in [-0.25, -0.2) is 4.39 Å². The summed E-state index contributed by atoms with van der Waals surface area (Å²) >= 11 is 0. The van der Waals surface area contributed by atoms with Crippen molar-refractivity contribution < 1.29 is 19.0 Å². The molecule has 108 valence electrons. The monoisotopic (exact) mass is 286 g/mol. The molecule has 2 aromatic rings. The zero-order valence-electron chi connectivity index (χ0n) is 11.6. The van der Waals surface area contributed by atoms with Crippen molar-refractivity contribution in [3.05, 3.63) is 59.4 Å². The van der Waals surface area contributed by atoms with Gasteiger partial charge in [0.2, 0.25) is 0 Å². The van der Waals surface area contributed by atoms with E-state index in [9.17, 15) is 4.39 Å². The normalized spacial score (nSPS) is 9.67. The molecule has 0 aliphatic heterocycles. The first-order valence-corrected chi connectivity index (χ1v) is 6.38. The third-order valence-corrected chi connectivity index (χ3v) is 2.80. The van der Waals surface area contributed by atoms with Gasteiger partial charge in [-0.1, -0.05) is 30.0 Å². The van der Waals surface area contributed by atoms with Crippen LogP contribution >= 0.6 is 0 Å². The van der Waals surface area contributed by atoms with E-state index in [4.69, 9.17) is 14.6 Å². The van der Waals surface area contributed by atoms with E-state index >= 15 is 0 Å². The number of halogens is 1. The second kappa shape index (κ2) is 7.32. The zero-order chi connectivity index (χ0) is 15.1. The molecule has 2 aromatic carbocycles. The predicted octanol–water partition coefficient (Wildman–Crippen LogP) is 2.76. The maximum Gasteiger partial charge on any atom is 0.171 e. The average Bonchev–Trinajstić information content (AvgIpc) is 2.52. The molecular formula is C17H15FO3. The van der Waals surface area contributed by atoms with Gasteiger partial charge < -0.3 is 14.6 Å². The van der Waals surface area contributed by atoms with Crippen LogP contribution in [0.1, 0.15) is 11.1 Å². The van der Waals surface area contributed by atoms with Crippen LogP contribution in [-0.4, -0.2) is 18.8 Å². The molecule has 0 aromatic heterocycles. The van der Waals surface area contributed by atoms with Gasteiger partial charge in [0.15, 0.2) is 11.6 Å². The van der Waals surface area contributed by atoms with Crippen molar-refractivity contribution in [2.45, 2.75) is 6.61 Å². The van der Waals surface area contributed by atoms with E-state index in [2.05, 4.69) is 11.8 Å². The number of aliphatic hydroxyl groups excluding tert-OH is 1. The highest BCUT2D eigenvalue weighted by Gasteiger charge is 2.08. The van der Waals surface area contributed by atoms with Crippen LogP contribution in [0.2, 0.25) is 0 Å². The summed E-state index contributed by atoms with van der Waals surface area (Å²) in [6, 6.07) is 12.0. The first-order valence-electron chi connectivity index (χ1n) is 6.38. The van der Waals surface area contributed by atoms with Crippen molar-refractivity contribution in [3.63, 3.8) is 0 Å². The molecule has 3 nitrogen and oxygen atoms in total. The van der Waals surface area contributed by atoms with E-state index in [-0.39, 0.29) is 19.0 Å². The van der Waals surface area contributed by atoms with Crippen LogP contribution < -0.4 is 9.47 Å². The fourth-order valence-electron chi connectivity index (χ4n) is 1.79. The molecule has 0 saturated carbocycles. The Labute approximate surface area is 122 Å². The number of aliphatic hydroxyl groups is 1. The molecule has 0 aliphatic carbocycles. The van der Waals surface area contributed by atoms with E-state index in [1.54, 1.807) is 36.4 Å². The second-order valence-corrected chi connectivity index (χ2v) is 4.21. The molecule has 1 N–H and O–H groups in total. The highest BCUT2D eigenvalue weighted by molar-refractivity contribution is 5.40. The van der Waals surface area contributed by atoms with Crippen LogP contribution in [0.4, 0.5) is 4.39 Å². The average molecular weight is 286 g/mol. The largest absolute Gasteiger partial charge is 0.494 e. The maximum absolute atomic E-state index is 14.0. The van der Waals surface area contributed by atoms with Gasteiger partial charge in [0, 0.05) is 11.1 Å². The minimum Gasteiger partial charge on any atom is -0.494 e. The topological polar surface area (TPSA) is 38.7 Å². The highest BCUT2D eigenvalue weighted by atomic mass is 19.1. The Balaban J connectivity index is 2.10. The lowest BCUT2D eigenvalue weighted by atomic mass is 10.2. The van der Waals surface area contributed by atoms with Gasteiger partial charge in [0.05, 0.1) is 7.11 Å². The molecule has 0 radical (unpaired) electrons. The van der Waals surface area contributed by atoms with Crippen molar-refractivity contribution in [1.82, 2.24) is 0 Å². The molecule has 0 bridgehead atoms. The lowest BCUT2D eigenvalue weighted by molar-refractivity contribution is 0.295. The molecule has 0 amide bonds. The second-order valence-electron chi connectivity index (χ2n) is 4.21. The lowest BCUT2D eigenvalue weighted by Gasteiger charge is -2.09. The highest BCUT2D eigenvalue weighted by Crippen LogP contribution is 2.22. The summed E-state index contributed by atoms with van der Waals surface area (Å²) in [4.78, 5) is 0. The number of benzene rings is 2. The Morgan fingerprint density at radius 1 is 1.19 bits per heavy atom. The fraction of sp³-hybridized carbons (Fsp3) is 0.176. The van der Waals surface area contributed by atoms with Crippen LogP contribution in [0.25, 0.3) is 0 Å². The Morgan fingerprint density at radius 3 is 2.76 bits per heavy atom. The van der Waals surface area contributed by atoms with Crippen molar-refractivity contribution in [1.29, 1.82) is 0 Å². The van der Waals surface area contributed by atoms with Gasteiger partial charge in [-0.3, -0.25) is 0 Å². The molecule has 21 heavy (non-hydrogen) atoms. The standard InChI is InChI=1S/C17H15FO3/c1-20-16-9-3-7-14(17(16)18)12-21-15-8-2-5-13(11-15)6-4-10-19/h2-3,5,7-9,11,19H,10,12H2,1H3. The summed E-state index contributed by atoms with van der Waals surface area (Å²) in [5.74, 6) is 5.71. The minimum absolute atomic E-state index is 0.0971. The first kappa shape index (κ1) is 14.9. The summed E-state index contributed by atoms with van der Waals surface area (Å²) in [7, 11) is 1.42. The van der Waals surface area contributed by atoms with Gasteiger partial charge in [-0.2, -0.15) is 0 Å². The van der Waals surface area contributed by atoms with E-state index in [0.717, 1.165) is 5.56 Å². The Hall–Kier alpha value is -2.51. The molecule has 4 heteroatoms. The van der Waals surface area contributed by atoms with E-state index in [1.165, 1.54) is 7.11 Å². The minimum atomic E-state index is -0.420. The zero-order valence-corrected chi connectivity index (χ0v) is 11.6. The molecule has 0 unspecified atom stereocenters. The van der Waals surface area contributed by atoms with Crippen LogP contribution in [0, 0.1) is 17.7 Å². The van der Waals surface area contributed by atoms with Gasteiger partial charge in [0.1, 0.15) is 19.0 Å². The van der Waals surface area contributed by atoms with Crippen molar-refractivity contribution in [3.8, 4) is 23.3 Å². The number of ether oxygens (including phenoxy) is 2. The van der Waals surface area contributed by atoms with Gasteiger partial charge >= 0.3 is 0 Å². The first-order chi connectivity index (χ1) is 10.2. The maximum atomic E-state index is 14.0. The number of hydrogen-bond acceptors (Lipinski definition) is 3. The molecular weight excluding hydrogens is 271 g/mol. The van der Waals surface area contributed by atoms with Crippen molar-refractivity contribution >= 4 is 0 Å². The summed E-state index contributed by atoms with van der Waals surface area (Å²) < 4.78 is 24.5. The van der Waals surface area contributed by atoms with E-state index in [0.29, 0.717) is 11.3 Å². The van der Waals surface area contributed by atoms with Crippen LogP contribution in [0.15, 0.2) is 42.5 Å². The fourth-order valence-corrected chi connectivity index (χ4v) is 1.79. The Kier molecular flexibility index (Phi) is 5.19. The van der Waals surface area contributed by atoms with E-state index < -0.39 is 5.82 Å². The molecule has 0 saturated heterocycles. The quantitative estimate of drug-likeness (QED) is 0.878. The molecule has 0 aliphatic rings. The number of hydrogen-bond donors (Lipinski definition) is 1. The third-order valence-electron chi connectivity index (χ3n) is 2.80. The Bertz CT molecular complexity index is 671. The van der Waals surface area contributed by atoms with Gasteiger partial charge in [-0.05, 0) is 24.3 Å².